The lowest BCUT2D eigenvalue weighted by molar-refractivity contribution is 0.545. The predicted octanol–water partition coefficient (Wildman–Crippen LogP) is 2.68. The Bertz CT molecular complexity index is 468. The zero-order chi connectivity index (χ0) is 10.3. The normalized spacial score (nSPS) is 12.3. The summed E-state index contributed by atoms with van der Waals surface area (Å²) in [5.74, 6) is 0.833. The maximum Gasteiger partial charge on any atom is 0.157 e. The van der Waals surface area contributed by atoms with Crippen molar-refractivity contribution in [3.63, 3.8) is 0 Å². The van der Waals surface area contributed by atoms with Crippen molar-refractivity contribution in [2.24, 2.45) is 0 Å². The fraction of sp³-hybridized carbons (Fsp3) is 0.400. The van der Waals surface area contributed by atoms with Gasteiger partial charge in [-0.3, -0.25) is 0 Å². The number of fused-ring (bicyclic) bond motifs is 1. The van der Waals surface area contributed by atoms with Crippen LogP contribution in [0.25, 0.3) is 5.65 Å². The molecule has 14 heavy (non-hydrogen) atoms. The summed E-state index contributed by atoms with van der Waals surface area (Å²) in [6, 6.07) is 3.68. The number of halogens is 1. The van der Waals surface area contributed by atoms with E-state index in [0.717, 1.165) is 11.5 Å². The van der Waals surface area contributed by atoms with Gasteiger partial charge in [-0.15, -0.1) is 0 Å². The summed E-state index contributed by atoms with van der Waals surface area (Å²) >= 11 is 5.85. The van der Waals surface area contributed by atoms with E-state index in [-0.39, 0.29) is 5.41 Å². The van der Waals surface area contributed by atoms with E-state index >= 15 is 0 Å². The molecule has 0 atom stereocenters. The molecule has 0 radical (unpaired) electrons. The Hall–Kier alpha value is -1.09. The van der Waals surface area contributed by atoms with Gasteiger partial charge in [0.05, 0.1) is 5.02 Å². The van der Waals surface area contributed by atoms with E-state index < -0.39 is 0 Å². The highest BCUT2D eigenvalue weighted by Gasteiger charge is 2.19. The minimum absolute atomic E-state index is 0.0293. The number of nitrogens with zero attached hydrogens (tertiary/aromatic N) is 3. The van der Waals surface area contributed by atoms with E-state index in [1.165, 1.54) is 0 Å². The Balaban J connectivity index is 2.63. The summed E-state index contributed by atoms with van der Waals surface area (Å²) in [6.07, 6.45) is 1.76. The van der Waals surface area contributed by atoms with Crippen LogP contribution in [0, 0.1) is 0 Å². The summed E-state index contributed by atoms with van der Waals surface area (Å²) in [7, 11) is 0. The Morgan fingerprint density at radius 2 is 2.00 bits per heavy atom. The molecule has 4 heteroatoms. The molecule has 0 bridgehead atoms. The monoisotopic (exact) mass is 209 g/mol. The predicted molar refractivity (Wildman–Crippen MR) is 56.7 cm³/mol. The van der Waals surface area contributed by atoms with Gasteiger partial charge in [-0.05, 0) is 12.1 Å². The third kappa shape index (κ3) is 1.60. The molecular formula is C10H12ClN3. The van der Waals surface area contributed by atoms with Crippen molar-refractivity contribution in [2.45, 2.75) is 26.2 Å². The molecule has 0 spiro atoms. The van der Waals surface area contributed by atoms with Crippen molar-refractivity contribution >= 4 is 17.2 Å². The molecule has 2 rings (SSSR count). The van der Waals surface area contributed by atoms with E-state index in [9.17, 15) is 0 Å². The lowest BCUT2D eigenvalue weighted by Crippen LogP contribution is -2.13. The minimum Gasteiger partial charge on any atom is -0.219 e. The van der Waals surface area contributed by atoms with E-state index in [1.54, 1.807) is 10.7 Å². The van der Waals surface area contributed by atoms with Crippen LogP contribution in [-0.2, 0) is 5.41 Å². The summed E-state index contributed by atoms with van der Waals surface area (Å²) < 4.78 is 1.71. The lowest BCUT2D eigenvalue weighted by atomic mass is 9.96. The number of aromatic nitrogens is 3. The lowest BCUT2D eigenvalue weighted by Gasteiger charge is -2.11. The van der Waals surface area contributed by atoms with Gasteiger partial charge in [-0.1, -0.05) is 32.4 Å². The SMILES string of the molecule is CC(C)(C)c1nc2ccc(Cl)cn2n1. The highest BCUT2D eigenvalue weighted by molar-refractivity contribution is 6.30. The zero-order valence-electron chi connectivity index (χ0n) is 8.45. The van der Waals surface area contributed by atoms with Crippen molar-refractivity contribution in [1.29, 1.82) is 0 Å². The smallest absolute Gasteiger partial charge is 0.157 e. The van der Waals surface area contributed by atoms with E-state index in [2.05, 4.69) is 30.9 Å². The van der Waals surface area contributed by atoms with Crippen LogP contribution in [0.4, 0.5) is 0 Å². The van der Waals surface area contributed by atoms with Gasteiger partial charge >= 0.3 is 0 Å². The van der Waals surface area contributed by atoms with Gasteiger partial charge in [-0.25, -0.2) is 9.50 Å². The first-order valence-corrected chi connectivity index (χ1v) is 4.87. The van der Waals surface area contributed by atoms with Crippen molar-refractivity contribution in [2.75, 3.05) is 0 Å². The van der Waals surface area contributed by atoms with Crippen molar-refractivity contribution in [1.82, 2.24) is 14.6 Å². The summed E-state index contributed by atoms with van der Waals surface area (Å²) in [4.78, 5) is 4.42. The maximum absolute atomic E-state index is 5.85. The molecule has 0 aliphatic rings. The summed E-state index contributed by atoms with van der Waals surface area (Å²) in [5, 5.41) is 5.04. The van der Waals surface area contributed by atoms with Crippen LogP contribution in [0.5, 0.6) is 0 Å². The molecule has 0 saturated carbocycles. The van der Waals surface area contributed by atoms with Gasteiger partial charge in [0, 0.05) is 11.6 Å². The molecule has 2 heterocycles. The van der Waals surface area contributed by atoms with Gasteiger partial charge in [-0.2, -0.15) is 5.10 Å². The minimum atomic E-state index is -0.0293. The zero-order valence-corrected chi connectivity index (χ0v) is 9.21. The van der Waals surface area contributed by atoms with E-state index in [4.69, 9.17) is 11.6 Å². The Morgan fingerprint density at radius 1 is 1.29 bits per heavy atom. The standard InChI is InChI=1S/C10H12ClN3/c1-10(2,3)9-12-8-5-4-7(11)6-14(8)13-9/h4-6H,1-3H3. The van der Waals surface area contributed by atoms with Crippen molar-refractivity contribution in [3.8, 4) is 0 Å². The van der Waals surface area contributed by atoms with Gasteiger partial charge < -0.3 is 0 Å². The summed E-state index contributed by atoms with van der Waals surface area (Å²) in [6.45, 7) is 6.26. The van der Waals surface area contributed by atoms with Gasteiger partial charge in [0.15, 0.2) is 11.5 Å². The molecule has 0 aliphatic heterocycles. The van der Waals surface area contributed by atoms with Gasteiger partial charge in [0.1, 0.15) is 0 Å². The largest absolute Gasteiger partial charge is 0.219 e. The number of hydrogen-bond donors (Lipinski definition) is 0. The second-order valence-electron chi connectivity index (χ2n) is 4.34. The van der Waals surface area contributed by atoms with Crippen LogP contribution in [0.1, 0.15) is 26.6 Å². The molecule has 2 aromatic rings. The quantitative estimate of drug-likeness (QED) is 0.668. The first-order chi connectivity index (χ1) is 6.47. The highest BCUT2D eigenvalue weighted by Crippen LogP contribution is 2.19. The Morgan fingerprint density at radius 3 is 2.64 bits per heavy atom. The highest BCUT2D eigenvalue weighted by atomic mass is 35.5. The number of rotatable bonds is 0. The first-order valence-electron chi connectivity index (χ1n) is 4.49. The molecule has 0 amide bonds. The third-order valence-corrected chi connectivity index (χ3v) is 2.19. The molecule has 2 aromatic heterocycles. The molecular weight excluding hydrogens is 198 g/mol. The fourth-order valence-electron chi connectivity index (χ4n) is 1.18. The van der Waals surface area contributed by atoms with Gasteiger partial charge in [0.25, 0.3) is 0 Å². The van der Waals surface area contributed by atoms with Crippen molar-refractivity contribution in [3.05, 3.63) is 29.2 Å². The molecule has 0 fully saturated rings. The van der Waals surface area contributed by atoms with Crippen LogP contribution in [0.15, 0.2) is 18.3 Å². The first kappa shape index (κ1) is 9.46. The molecule has 0 aliphatic carbocycles. The molecule has 0 N–H and O–H groups in total. The van der Waals surface area contributed by atoms with E-state index in [0.29, 0.717) is 5.02 Å². The second kappa shape index (κ2) is 2.95. The fourth-order valence-corrected chi connectivity index (χ4v) is 1.33. The molecule has 74 valence electrons. The number of hydrogen-bond acceptors (Lipinski definition) is 2. The Labute approximate surface area is 87.7 Å². The topological polar surface area (TPSA) is 30.2 Å². The summed E-state index contributed by atoms with van der Waals surface area (Å²) in [5.41, 5.74) is 0.803. The molecule has 3 nitrogen and oxygen atoms in total. The average Bonchev–Trinajstić information content (AvgIpc) is 2.45. The molecule has 0 unspecified atom stereocenters. The Kier molecular flexibility index (Phi) is 2.00. The average molecular weight is 210 g/mol. The van der Waals surface area contributed by atoms with Crippen molar-refractivity contribution < 1.29 is 0 Å². The maximum atomic E-state index is 5.85. The van der Waals surface area contributed by atoms with Crippen LogP contribution in [0.2, 0.25) is 5.02 Å². The molecule has 0 aromatic carbocycles. The van der Waals surface area contributed by atoms with Crippen LogP contribution in [-0.4, -0.2) is 14.6 Å². The second-order valence-corrected chi connectivity index (χ2v) is 4.77. The number of pyridine rings is 1. The third-order valence-electron chi connectivity index (χ3n) is 1.97. The van der Waals surface area contributed by atoms with E-state index in [1.807, 2.05) is 12.1 Å². The molecule has 0 saturated heterocycles. The van der Waals surface area contributed by atoms with Crippen LogP contribution < -0.4 is 0 Å². The van der Waals surface area contributed by atoms with Gasteiger partial charge in [0.2, 0.25) is 0 Å². The van der Waals surface area contributed by atoms with Crippen LogP contribution >= 0.6 is 11.6 Å². The van der Waals surface area contributed by atoms with Crippen LogP contribution in [0.3, 0.4) is 0 Å².